The minimum Gasteiger partial charge on any atom is -0.324 e. The molecule has 21 heavy (non-hydrogen) atoms. The van der Waals surface area contributed by atoms with Crippen molar-refractivity contribution >= 4 is 27.3 Å². The quantitative estimate of drug-likeness (QED) is 0.904. The Bertz CT molecular complexity index is 726. The van der Waals surface area contributed by atoms with E-state index in [1.165, 1.54) is 18.2 Å². The highest BCUT2D eigenvalue weighted by molar-refractivity contribution is 7.92. The third-order valence-electron chi connectivity index (χ3n) is 2.83. The summed E-state index contributed by atoms with van der Waals surface area (Å²) in [5.74, 6) is -0.618. The van der Waals surface area contributed by atoms with Crippen LogP contribution in [0.1, 0.15) is 18.5 Å². The van der Waals surface area contributed by atoms with Gasteiger partial charge >= 0.3 is 0 Å². The molecule has 1 unspecified atom stereocenters. The molecule has 0 aromatic heterocycles. The molecule has 0 aliphatic rings. The molecule has 2 rings (SSSR count). The standard InChI is InChI=1S/C14H14ClFN2O2S/c1-9(17)10-2-4-14(5-3-10)21(19,20)18-13-7-11(15)6-12(16)8-13/h2-9,18H,17H2,1H3. The molecule has 2 aromatic rings. The number of rotatable bonds is 4. The van der Waals surface area contributed by atoms with Crippen LogP contribution in [0.3, 0.4) is 0 Å². The lowest BCUT2D eigenvalue weighted by atomic mass is 10.1. The van der Waals surface area contributed by atoms with E-state index >= 15 is 0 Å². The molecule has 0 heterocycles. The van der Waals surface area contributed by atoms with Gasteiger partial charge in [-0.05, 0) is 42.8 Å². The van der Waals surface area contributed by atoms with Crippen LogP contribution in [-0.2, 0) is 10.0 Å². The van der Waals surface area contributed by atoms with Crippen molar-refractivity contribution in [1.82, 2.24) is 0 Å². The van der Waals surface area contributed by atoms with Gasteiger partial charge in [0.2, 0.25) is 0 Å². The van der Waals surface area contributed by atoms with Crippen molar-refractivity contribution in [2.24, 2.45) is 5.73 Å². The summed E-state index contributed by atoms with van der Waals surface area (Å²) >= 11 is 5.69. The molecular formula is C14H14ClFN2O2S. The Morgan fingerprint density at radius 1 is 1.19 bits per heavy atom. The van der Waals surface area contributed by atoms with Gasteiger partial charge in [0.1, 0.15) is 5.82 Å². The Morgan fingerprint density at radius 3 is 2.33 bits per heavy atom. The van der Waals surface area contributed by atoms with E-state index in [1.807, 2.05) is 0 Å². The first-order valence-electron chi connectivity index (χ1n) is 6.12. The predicted molar refractivity (Wildman–Crippen MR) is 81.3 cm³/mol. The minimum atomic E-state index is -3.81. The molecule has 0 bridgehead atoms. The van der Waals surface area contributed by atoms with E-state index in [0.29, 0.717) is 0 Å². The zero-order valence-electron chi connectivity index (χ0n) is 11.2. The first kappa shape index (κ1) is 15.8. The van der Waals surface area contributed by atoms with Gasteiger partial charge in [0.15, 0.2) is 0 Å². The molecule has 2 aromatic carbocycles. The predicted octanol–water partition coefficient (Wildman–Crippen LogP) is 3.30. The topological polar surface area (TPSA) is 72.2 Å². The summed E-state index contributed by atoms with van der Waals surface area (Å²) in [5.41, 5.74) is 6.60. The summed E-state index contributed by atoms with van der Waals surface area (Å²) in [4.78, 5) is 0.0623. The van der Waals surface area contributed by atoms with Gasteiger partial charge in [-0.25, -0.2) is 12.8 Å². The zero-order chi connectivity index (χ0) is 15.6. The number of halogens is 2. The summed E-state index contributed by atoms with van der Waals surface area (Å²) in [5, 5.41) is 0.111. The fourth-order valence-electron chi connectivity index (χ4n) is 1.78. The van der Waals surface area contributed by atoms with E-state index in [2.05, 4.69) is 4.72 Å². The van der Waals surface area contributed by atoms with Crippen molar-refractivity contribution in [2.45, 2.75) is 17.9 Å². The van der Waals surface area contributed by atoms with Gasteiger partial charge in [-0.15, -0.1) is 0 Å². The van der Waals surface area contributed by atoms with Crippen LogP contribution in [0.15, 0.2) is 47.4 Å². The van der Waals surface area contributed by atoms with Crippen LogP contribution in [0.5, 0.6) is 0 Å². The summed E-state index contributed by atoms with van der Waals surface area (Å²) in [6.07, 6.45) is 0. The number of anilines is 1. The van der Waals surface area contributed by atoms with Crippen molar-refractivity contribution in [2.75, 3.05) is 4.72 Å². The maximum Gasteiger partial charge on any atom is 0.261 e. The summed E-state index contributed by atoms with van der Waals surface area (Å²) in [6.45, 7) is 1.80. The smallest absolute Gasteiger partial charge is 0.261 e. The molecule has 0 saturated carbocycles. The molecule has 0 spiro atoms. The van der Waals surface area contributed by atoms with Crippen LogP contribution in [0.25, 0.3) is 0 Å². The Hall–Kier alpha value is -1.63. The lowest BCUT2D eigenvalue weighted by Gasteiger charge is -2.10. The largest absolute Gasteiger partial charge is 0.324 e. The SMILES string of the molecule is CC(N)c1ccc(S(=O)(=O)Nc2cc(F)cc(Cl)c2)cc1. The number of benzene rings is 2. The lowest BCUT2D eigenvalue weighted by molar-refractivity contribution is 0.601. The molecule has 0 fully saturated rings. The molecule has 0 amide bonds. The van der Waals surface area contributed by atoms with Gasteiger partial charge < -0.3 is 5.73 Å². The van der Waals surface area contributed by atoms with Crippen LogP contribution >= 0.6 is 11.6 Å². The van der Waals surface area contributed by atoms with Crippen molar-refractivity contribution in [3.05, 3.63) is 58.9 Å². The molecule has 112 valence electrons. The fourth-order valence-corrected chi connectivity index (χ4v) is 3.04. The summed E-state index contributed by atoms with van der Waals surface area (Å²) in [7, 11) is -3.81. The highest BCUT2D eigenvalue weighted by Gasteiger charge is 2.15. The van der Waals surface area contributed by atoms with Crippen LogP contribution in [0.4, 0.5) is 10.1 Å². The van der Waals surface area contributed by atoms with Gasteiger partial charge in [0.25, 0.3) is 10.0 Å². The molecule has 0 saturated heterocycles. The van der Waals surface area contributed by atoms with Gasteiger partial charge in [0.05, 0.1) is 10.6 Å². The van der Waals surface area contributed by atoms with E-state index in [0.717, 1.165) is 17.7 Å². The second-order valence-corrected chi connectivity index (χ2v) is 6.74. The molecular weight excluding hydrogens is 315 g/mol. The average molecular weight is 329 g/mol. The second kappa shape index (κ2) is 6.01. The first-order chi connectivity index (χ1) is 9.78. The summed E-state index contributed by atoms with van der Waals surface area (Å²) in [6, 6.07) is 9.46. The van der Waals surface area contributed by atoms with E-state index in [4.69, 9.17) is 17.3 Å². The van der Waals surface area contributed by atoms with Gasteiger partial charge in [-0.2, -0.15) is 0 Å². The summed E-state index contributed by atoms with van der Waals surface area (Å²) < 4.78 is 39.9. The zero-order valence-corrected chi connectivity index (χ0v) is 12.7. The van der Waals surface area contributed by atoms with E-state index in [-0.39, 0.29) is 21.6 Å². The highest BCUT2D eigenvalue weighted by atomic mass is 35.5. The monoisotopic (exact) mass is 328 g/mol. The third kappa shape index (κ3) is 3.93. The fraction of sp³-hybridized carbons (Fsp3) is 0.143. The van der Waals surface area contributed by atoms with Crippen LogP contribution in [-0.4, -0.2) is 8.42 Å². The van der Waals surface area contributed by atoms with Crippen LogP contribution < -0.4 is 10.5 Å². The highest BCUT2D eigenvalue weighted by Crippen LogP contribution is 2.22. The van der Waals surface area contributed by atoms with E-state index in [1.54, 1.807) is 19.1 Å². The van der Waals surface area contributed by atoms with Crippen LogP contribution in [0.2, 0.25) is 5.02 Å². The first-order valence-corrected chi connectivity index (χ1v) is 7.98. The Kier molecular flexibility index (Phi) is 4.51. The van der Waals surface area contributed by atoms with E-state index < -0.39 is 15.8 Å². The van der Waals surface area contributed by atoms with Crippen molar-refractivity contribution < 1.29 is 12.8 Å². The van der Waals surface area contributed by atoms with Crippen molar-refractivity contribution in [3.8, 4) is 0 Å². The number of hydrogen-bond acceptors (Lipinski definition) is 3. The van der Waals surface area contributed by atoms with Gasteiger partial charge in [0, 0.05) is 11.1 Å². The Balaban J connectivity index is 2.29. The van der Waals surface area contributed by atoms with Crippen molar-refractivity contribution in [1.29, 1.82) is 0 Å². The lowest BCUT2D eigenvalue weighted by Crippen LogP contribution is -2.13. The minimum absolute atomic E-state index is 0.0623. The maximum absolute atomic E-state index is 13.2. The number of nitrogens with two attached hydrogens (primary N) is 1. The van der Waals surface area contributed by atoms with Gasteiger partial charge in [-0.1, -0.05) is 23.7 Å². The maximum atomic E-state index is 13.2. The Labute approximate surface area is 127 Å². The normalized spacial score (nSPS) is 13.0. The van der Waals surface area contributed by atoms with Crippen molar-refractivity contribution in [3.63, 3.8) is 0 Å². The molecule has 3 N–H and O–H groups in total. The molecule has 7 heteroatoms. The molecule has 0 radical (unpaired) electrons. The molecule has 1 atom stereocenters. The Morgan fingerprint density at radius 2 is 1.81 bits per heavy atom. The van der Waals surface area contributed by atoms with E-state index in [9.17, 15) is 12.8 Å². The van der Waals surface area contributed by atoms with Crippen LogP contribution in [0, 0.1) is 5.82 Å². The number of nitrogens with one attached hydrogen (secondary N) is 1. The third-order valence-corrected chi connectivity index (χ3v) is 4.45. The molecule has 0 aliphatic carbocycles. The molecule has 4 nitrogen and oxygen atoms in total. The van der Waals surface area contributed by atoms with Gasteiger partial charge in [-0.3, -0.25) is 4.72 Å². The number of sulfonamides is 1. The second-order valence-electron chi connectivity index (χ2n) is 4.62. The number of hydrogen-bond donors (Lipinski definition) is 2. The molecule has 0 aliphatic heterocycles. The average Bonchev–Trinajstić information content (AvgIpc) is 2.37.